The second-order valence-corrected chi connectivity index (χ2v) is 6.24. The highest BCUT2D eigenvalue weighted by atomic mass is 32.1. The third-order valence-corrected chi connectivity index (χ3v) is 4.07. The van der Waals surface area contributed by atoms with Gasteiger partial charge in [-0.3, -0.25) is 0 Å². The summed E-state index contributed by atoms with van der Waals surface area (Å²) in [5, 5.41) is 0. The topological polar surface area (TPSA) is 29.9 Å². The Kier molecular flexibility index (Phi) is 4.86. The van der Waals surface area contributed by atoms with Crippen LogP contribution < -0.4 is 4.74 Å². The molecule has 1 atom stereocenters. The number of nitrogens with zero attached hydrogens (tertiary/aromatic N) is 1. The number of hydrogen-bond donors (Lipinski definition) is 1. The van der Waals surface area contributed by atoms with E-state index < -0.39 is 0 Å². The van der Waals surface area contributed by atoms with Crippen molar-refractivity contribution in [2.75, 3.05) is 7.11 Å². The van der Waals surface area contributed by atoms with E-state index in [1.54, 1.807) is 7.11 Å². The van der Waals surface area contributed by atoms with E-state index in [-0.39, 0.29) is 0 Å². The predicted molar refractivity (Wildman–Crippen MR) is 87.1 cm³/mol. The Hall–Kier alpha value is -1.29. The second-order valence-electron chi connectivity index (χ2n) is 5.86. The number of aromatic nitrogens is 2. The first-order valence-corrected chi connectivity index (χ1v) is 7.72. The number of methoxy groups -OCH3 is 1. The molecule has 4 heteroatoms. The van der Waals surface area contributed by atoms with Gasteiger partial charge in [0.1, 0.15) is 5.75 Å². The normalized spacial score (nSPS) is 13.1. The minimum atomic E-state index is 0.420. The summed E-state index contributed by atoms with van der Waals surface area (Å²) in [5.41, 5.74) is 2.21. The van der Waals surface area contributed by atoms with E-state index in [9.17, 15) is 0 Å². The standard InChI is InChI=1S/C16H24N2OS/c1-11(2)6-5-7-12(3)18-15-9-8-13(19-4)10-14(15)17-16(18)20/h8-12H,5-7H2,1-4H3,(H,17,20). The Morgan fingerprint density at radius 1 is 1.25 bits per heavy atom. The van der Waals surface area contributed by atoms with Gasteiger partial charge in [0, 0.05) is 12.1 Å². The summed E-state index contributed by atoms with van der Waals surface area (Å²) in [7, 11) is 1.68. The lowest BCUT2D eigenvalue weighted by Crippen LogP contribution is -2.05. The van der Waals surface area contributed by atoms with E-state index in [1.807, 2.05) is 12.1 Å². The molecule has 0 aliphatic rings. The van der Waals surface area contributed by atoms with Crippen molar-refractivity contribution in [2.24, 2.45) is 5.92 Å². The number of imidazole rings is 1. The molecule has 0 aliphatic carbocycles. The zero-order valence-electron chi connectivity index (χ0n) is 12.8. The maximum Gasteiger partial charge on any atom is 0.178 e. The molecule has 20 heavy (non-hydrogen) atoms. The largest absolute Gasteiger partial charge is 0.497 e. The zero-order chi connectivity index (χ0) is 14.7. The van der Waals surface area contributed by atoms with Crippen LogP contribution in [0.25, 0.3) is 11.0 Å². The Bertz CT molecular complexity index is 627. The van der Waals surface area contributed by atoms with E-state index in [0.29, 0.717) is 6.04 Å². The SMILES string of the molecule is COc1ccc2c(c1)[nH]c(=S)n2C(C)CCCC(C)C. The van der Waals surface area contributed by atoms with Crippen LogP contribution in [0.4, 0.5) is 0 Å². The lowest BCUT2D eigenvalue weighted by Gasteiger charge is -2.15. The van der Waals surface area contributed by atoms with Crippen LogP contribution in [-0.2, 0) is 0 Å². The zero-order valence-corrected chi connectivity index (χ0v) is 13.6. The molecule has 0 amide bonds. The van der Waals surface area contributed by atoms with E-state index in [4.69, 9.17) is 17.0 Å². The molecule has 0 bridgehead atoms. The first-order valence-electron chi connectivity index (χ1n) is 7.31. The van der Waals surface area contributed by atoms with Gasteiger partial charge in [-0.2, -0.15) is 0 Å². The van der Waals surface area contributed by atoms with Gasteiger partial charge in [-0.15, -0.1) is 0 Å². The predicted octanol–water partition coefficient (Wildman–Crippen LogP) is 5.09. The van der Waals surface area contributed by atoms with Gasteiger partial charge in [-0.1, -0.05) is 26.7 Å². The maximum absolute atomic E-state index is 5.48. The Balaban J connectivity index is 2.25. The number of aromatic amines is 1. The van der Waals surface area contributed by atoms with Gasteiger partial charge in [0.15, 0.2) is 4.77 Å². The molecule has 1 N–H and O–H groups in total. The van der Waals surface area contributed by atoms with Crippen LogP contribution in [0.15, 0.2) is 18.2 Å². The molecule has 110 valence electrons. The average Bonchev–Trinajstić information content (AvgIpc) is 2.72. The first kappa shape index (κ1) is 15.1. The van der Waals surface area contributed by atoms with Gasteiger partial charge < -0.3 is 14.3 Å². The van der Waals surface area contributed by atoms with E-state index in [2.05, 4.69) is 36.4 Å². The van der Waals surface area contributed by atoms with Gasteiger partial charge in [0.2, 0.25) is 0 Å². The van der Waals surface area contributed by atoms with Crippen molar-refractivity contribution in [3.05, 3.63) is 23.0 Å². The molecule has 1 unspecified atom stereocenters. The quantitative estimate of drug-likeness (QED) is 0.751. The molecule has 0 saturated carbocycles. The summed E-state index contributed by atoms with van der Waals surface area (Å²) in [5.74, 6) is 1.62. The summed E-state index contributed by atoms with van der Waals surface area (Å²) in [6.45, 7) is 6.79. The van der Waals surface area contributed by atoms with E-state index in [0.717, 1.165) is 33.9 Å². The maximum atomic E-state index is 5.48. The van der Waals surface area contributed by atoms with Crippen LogP contribution in [0.3, 0.4) is 0 Å². The molecular weight excluding hydrogens is 268 g/mol. The average molecular weight is 292 g/mol. The van der Waals surface area contributed by atoms with Crippen molar-refractivity contribution in [2.45, 2.75) is 46.1 Å². The fourth-order valence-electron chi connectivity index (χ4n) is 2.63. The second kappa shape index (κ2) is 6.44. The summed E-state index contributed by atoms with van der Waals surface area (Å²) in [6, 6.07) is 6.49. The number of nitrogens with one attached hydrogen (secondary N) is 1. The van der Waals surface area contributed by atoms with Crippen LogP contribution in [0.1, 0.15) is 46.1 Å². The minimum Gasteiger partial charge on any atom is -0.497 e. The van der Waals surface area contributed by atoms with Gasteiger partial charge >= 0.3 is 0 Å². The molecule has 2 rings (SSSR count). The van der Waals surface area contributed by atoms with Crippen molar-refractivity contribution < 1.29 is 4.74 Å². The molecular formula is C16H24N2OS. The molecule has 0 aliphatic heterocycles. The van der Waals surface area contributed by atoms with Gasteiger partial charge in [-0.25, -0.2) is 0 Å². The Labute approximate surface area is 126 Å². The molecule has 1 heterocycles. The molecule has 1 aromatic carbocycles. The van der Waals surface area contributed by atoms with Crippen LogP contribution in [0, 0.1) is 10.7 Å². The summed E-state index contributed by atoms with van der Waals surface area (Å²) >= 11 is 5.48. The molecule has 0 radical (unpaired) electrons. The highest BCUT2D eigenvalue weighted by Gasteiger charge is 2.11. The molecule has 0 fully saturated rings. The summed E-state index contributed by atoms with van der Waals surface area (Å²) in [6.07, 6.45) is 3.67. The van der Waals surface area contributed by atoms with Crippen LogP contribution in [-0.4, -0.2) is 16.7 Å². The number of rotatable bonds is 6. The fourth-order valence-corrected chi connectivity index (χ4v) is 3.01. The highest BCUT2D eigenvalue weighted by molar-refractivity contribution is 7.71. The molecule has 0 saturated heterocycles. The lowest BCUT2D eigenvalue weighted by molar-refractivity contribution is 0.415. The van der Waals surface area contributed by atoms with E-state index in [1.165, 1.54) is 12.8 Å². The number of ether oxygens (including phenoxy) is 1. The van der Waals surface area contributed by atoms with Crippen LogP contribution in [0.5, 0.6) is 5.75 Å². The van der Waals surface area contributed by atoms with Gasteiger partial charge in [0.05, 0.1) is 18.1 Å². The van der Waals surface area contributed by atoms with Crippen molar-refractivity contribution in [3.63, 3.8) is 0 Å². The third-order valence-electron chi connectivity index (χ3n) is 3.77. The highest BCUT2D eigenvalue weighted by Crippen LogP contribution is 2.26. The molecule has 1 aromatic heterocycles. The van der Waals surface area contributed by atoms with Crippen LogP contribution >= 0.6 is 12.2 Å². The van der Waals surface area contributed by atoms with Crippen molar-refractivity contribution in [1.82, 2.24) is 9.55 Å². The third kappa shape index (κ3) is 3.23. The number of benzene rings is 1. The Morgan fingerprint density at radius 2 is 2.00 bits per heavy atom. The number of H-pyrrole nitrogens is 1. The molecule has 2 aromatic rings. The van der Waals surface area contributed by atoms with Crippen molar-refractivity contribution in [1.29, 1.82) is 0 Å². The lowest BCUT2D eigenvalue weighted by atomic mass is 10.0. The first-order chi connectivity index (χ1) is 9.52. The number of fused-ring (bicyclic) bond motifs is 1. The molecule has 0 spiro atoms. The monoisotopic (exact) mass is 292 g/mol. The minimum absolute atomic E-state index is 0.420. The summed E-state index contributed by atoms with van der Waals surface area (Å²) in [4.78, 5) is 3.28. The molecule has 3 nitrogen and oxygen atoms in total. The van der Waals surface area contributed by atoms with E-state index >= 15 is 0 Å². The smallest absolute Gasteiger partial charge is 0.178 e. The van der Waals surface area contributed by atoms with Crippen LogP contribution in [0.2, 0.25) is 0 Å². The van der Waals surface area contributed by atoms with Crippen molar-refractivity contribution in [3.8, 4) is 5.75 Å². The number of hydrogen-bond acceptors (Lipinski definition) is 2. The fraction of sp³-hybridized carbons (Fsp3) is 0.562. The van der Waals surface area contributed by atoms with Gasteiger partial charge in [0.25, 0.3) is 0 Å². The summed E-state index contributed by atoms with van der Waals surface area (Å²) < 4.78 is 8.28. The Morgan fingerprint density at radius 3 is 2.65 bits per heavy atom. The van der Waals surface area contributed by atoms with Gasteiger partial charge in [-0.05, 0) is 43.6 Å². The van der Waals surface area contributed by atoms with Crippen molar-refractivity contribution >= 4 is 23.3 Å².